The lowest BCUT2D eigenvalue weighted by Gasteiger charge is -2.21. The van der Waals surface area contributed by atoms with Gasteiger partial charge in [-0.15, -0.1) is 0 Å². The fourth-order valence-electron chi connectivity index (χ4n) is 5.63. The molecule has 0 spiro atoms. The third-order valence-corrected chi connectivity index (χ3v) is 7.56. The van der Waals surface area contributed by atoms with Gasteiger partial charge in [-0.05, 0) is 68.0 Å². The number of ether oxygens (including phenoxy) is 3. The number of aliphatic hydroxyl groups excluding tert-OH is 1. The van der Waals surface area contributed by atoms with Crippen molar-refractivity contribution in [1.82, 2.24) is 9.55 Å². The second-order valence-corrected chi connectivity index (χ2v) is 9.89. The molecule has 1 N–H and O–H groups in total. The number of aryl methyl sites for hydroxylation is 1. The van der Waals surface area contributed by atoms with E-state index in [0.29, 0.717) is 35.6 Å². The van der Waals surface area contributed by atoms with Crippen LogP contribution in [0.1, 0.15) is 67.4 Å². The number of aliphatic hydroxyl groups is 1. The van der Waals surface area contributed by atoms with Gasteiger partial charge < -0.3 is 23.9 Å². The van der Waals surface area contributed by atoms with Gasteiger partial charge in [0.2, 0.25) is 0 Å². The summed E-state index contributed by atoms with van der Waals surface area (Å²) in [6.07, 6.45) is 7.16. The molecule has 4 heterocycles. The van der Waals surface area contributed by atoms with Crippen molar-refractivity contribution in [3.63, 3.8) is 0 Å². The van der Waals surface area contributed by atoms with Crippen molar-refractivity contribution in [3.05, 3.63) is 69.0 Å². The Morgan fingerprint density at radius 2 is 2.05 bits per heavy atom. The predicted molar refractivity (Wildman–Crippen MR) is 138 cm³/mol. The van der Waals surface area contributed by atoms with Crippen LogP contribution in [0, 0.1) is 0 Å². The average Bonchev–Trinajstić information content (AvgIpc) is 3.25. The molecule has 0 fully saturated rings. The van der Waals surface area contributed by atoms with Crippen molar-refractivity contribution >= 4 is 23.0 Å². The monoisotopic (exact) mass is 516 g/mol. The van der Waals surface area contributed by atoms with Gasteiger partial charge in [0.05, 0.1) is 29.0 Å². The number of cyclic esters (lactones) is 1. The van der Waals surface area contributed by atoms with E-state index in [4.69, 9.17) is 19.2 Å². The van der Waals surface area contributed by atoms with Crippen LogP contribution in [-0.2, 0) is 33.8 Å². The quantitative estimate of drug-likeness (QED) is 0.241. The first-order chi connectivity index (χ1) is 18.4. The standard InChI is InChI=1S/C29H28N2O7/c1-2-18-19-12-17(38-29(35)37-16-8-6-4-3-5-7-9-16)10-11-23(19)30-25-21(18)14-31-24(25)13-20-22(27(31)33)15-36-28(34)26(20)32/h6,8,10-13,16,26,32H,2-5,7,9,14-15H2,1H3/b8-6+. The first-order valence-corrected chi connectivity index (χ1v) is 13.1. The normalized spacial score (nSPS) is 20.9. The van der Waals surface area contributed by atoms with Crippen molar-refractivity contribution in [3.8, 4) is 17.1 Å². The number of rotatable bonds is 3. The van der Waals surface area contributed by atoms with E-state index in [1.807, 2.05) is 13.0 Å². The Labute approximate surface area is 218 Å². The largest absolute Gasteiger partial charge is 0.514 e. The molecule has 38 heavy (non-hydrogen) atoms. The molecule has 2 aliphatic heterocycles. The highest BCUT2D eigenvalue weighted by molar-refractivity contribution is 5.90. The van der Waals surface area contributed by atoms with Crippen LogP contribution < -0.4 is 10.3 Å². The minimum absolute atomic E-state index is 0.163. The molecule has 0 bridgehead atoms. The molecule has 2 aromatic heterocycles. The van der Waals surface area contributed by atoms with Crippen LogP contribution in [0.15, 0.2) is 41.2 Å². The van der Waals surface area contributed by atoms with E-state index in [-0.39, 0.29) is 29.4 Å². The highest BCUT2D eigenvalue weighted by atomic mass is 16.7. The molecule has 0 saturated heterocycles. The molecule has 3 aliphatic rings. The molecule has 2 atom stereocenters. The fraction of sp³-hybridized carbons (Fsp3) is 0.379. The van der Waals surface area contributed by atoms with Crippen molar-refractivity contribution < 1.29 is 28.9 Å². The highest BCUT2D eigenvalue weighted by Gasteiger charge is 2.34. The van der Waals surface area contributed by atoms with Crippen LogP contribution in [0.2, 0.25) is 0 Å². The van der Waals surface area contributed by atoms with Crippen LogP contribution in [0.5, 0.6) is 5.75 Å². The van der Waals surface area contributed by atoms with Gasteiger partial charge in [0.25, 0.3) is 5.56 Å². The molecule has 3 aromatic rings. The zero-order valence-electron chi connectivity index (χ0n) is 21.1. The summed E-state index contributed by atoms with van der Waals surface area (Å²) in [4.78, 5) is 42.5. The summed E-state index contributed by atoms with van der Waals surface area (Å²) in [6.45, 7) is 2.17. The topological polar surface area (TPSA) is 117 Å². The van der Waals surface area contributed by atoms with Gasteiger partial charge in [0.15, 0.2) is 6.10 Å². The molecule has 2 unspecified atom stereocenters. The Bertz CT molecular complexity index is 1550. The molecule has 0 amide bonds. The Balaban J connectivity index is 1.34. The molecule has 1 aromatic carbocycles. The lowest BCUT2D eigenvalue weighted by atomic mass is 9.97. The minimum atomic E-state index is -1.50. The van der Waals surface area contributed by atoms with Crippen molar-refractivity contribution in [1.29, 1.82) is 0 Å². The lowest BCUT2D eigenvalue weighted by Crippen LogP contribution is -2.32. The molecule has 9 nitrogen and oxygen atoms in total. The van der Waals surface area contributed by atoms with Gasteiger partial charge in [-0.3, -0.25) is 4.79 Å². The number of fused-ring (bicyclic) bond motifs is 5. The number of allylic oxidation sites excluding steroid dienone is 1. The van der Waals surface area contributed by atoms with Crippen LogP contribution >= 0.6 is 0 Å². The Morgan fingerprint density at radius 1 is 1.18 bits per heavy atom. The SMILES string of the molecule is CCc1c2c(nc3ccc(OC(=O)OC4/C=C/CCCCC4)cc13)-c1cc3c(c(=O)n1C2)COC(=O)C3O. The van der Waals surface area contributed by atoms with Gasteiger partial charge in [0.1, 0.15) is 18.5 Å². The number of pyridine rings is 2. The molecule has 196 valence electrons. The third kappa shape index (κ3) is 4.16. The van der Waals surface area contributed by atoms with E-state index in [1.165, 1.54) is 0 Å². The first-order valence-electron chi connectivity index (χ1n) is 13.1. The summed E-state index contributed by atoms with van der Waals surface area (Å²) in [5.74, 6) is -0.409. The predicted octanol–water partition coefficient (Wildman–Crippen LogP) is 4.48. The van der Waals surface area contributed by atoms with E-state index in [9.17, 15) is 19.5 Å². The number of hydrogen-bond donors (Lipinski definition) is 1. The van der Waals surface area contributed by atoms with E-state index in [1.54, 1.807) is 28.8 Å². The van der Waals surface area contributed by atoms with Crippen LogP contribution in [-0.4, -0.2) is 32.9 Å². The van der Waals surface area contributed by atoms with Crippen LogP contribution in [0.4, 0.5) is 4.79 Å². The number of carbonyl (C=O) groups excluding carboxylic acids is 2. The van der Waals surface area contributed by atoms with Gasteiger partial charge in [-0.2, -0.15) is 0 Å². The van der Waals surface area contributed by atoms with Gasteiger partial charge in [-0.1, -0.05) is 19.4 Å². The Morgan fingerprint density at radius 3 is 2.89 bits per heavy atom. The van der Waals surface area contributed by atoms with Crippen molar-refractivity contribution in [2.45, 2.75) is 70.8 Å². The summed E-state index contributed by atoms with van der Waals surface area (Å²) in [7, 11) is 0. The van der Waals surface area contributed by atoms with E-state index >= 15 is 0 Å². The van der Waals surface area contributed by atoms with E-state index in [0.717, 1.165) is 48.6 Å². The molecule has 6 rings (SSSR count). The zero-order valence-corrected chi connectivity index (χ0v) is 21.1. The number of hydrogen-bond acceptors (Lipinski definition) is 8. The second kappa shape index (κ2) is 9.72. The molecular formula is C29H28N2O7. The number of benzene rings is 1. The summed E-state index contributed by atoms with van der Waals surface area (Å²) in [5, 5.41) is 11.2. The number of carbonyl (C=O) groups is 2. The van der Waals surface area contributed by atoms with Crippen LogP contribution in [0.25, 0.3) is 22.3 Å². The summed E-state index contributed by atoms with van der Waals surface area (Å²) in [5.41, 5.74) is 4.01. The molecule has 0 saturated carbocycles. The molecule has 9 heteroatoms. The first kappa shape index (κ1) is 24.4. The van der Waals surface area contributed by atoms with Crippen molar-refractivity contribution in [2.75, 3.05) is 0 Å². The average molecular weight is 517 g/mol. The van der Waals surface area contributed by atoms with Gasteiger partial charge in [0, 0.05) is 16.5 Å². The Kier molecular flexibility index (Phi) is 6.23. The number of nitrogens with zero attached hydrogens (tertiary/aromatic N) is 2. The number of aromatic nitrogens is 2. The smallest absolute Gasteiger partial charge is 0.458 e. The third-order valence-electron chi connectivity index (χ3n) is 7.56. The second-order valence-electron chi connectivity index (χ2n) is 9.89. The summed E-state index contributed by atoms with van der Waals surface area (Å²) < 4.78 is 17.7. The summed E-state index contributed by atoms with van der Waals surface area (Å²) in [6, 6.07) is 6.90. The lowest BCUT2D eigenvalue weighted by molar-refractivity contribution is -0.157. The molecule has 1 aliphatic carbocycles. The number of esters is 1. The zero-order chi connectivity index (χ0) is 26.4. The van der Waals surface area contributed by atoms with Gasteiger partial charge in [-0.25, -0.2) is 14.6 Å². The molecular weight excluding hydrogens is 488 g/mol. The summed E-state index contributed by atoms with van der Waals surface area (Å²) >= 11 is 0. The molecule has 0 radical (unpaired) electrons. The highest BCUT2D eigenvalue weighted by Crippen LogP contribution is 2.38. The van der Waals surface area contributed by atoms with Crippen molar-refractivity contribution in [2.24, 2.45) is 0 Å². The maximum absolute atomic E-state index is 13.3. The van der Waals surface area contributed by atoms with Gasteiger partial charge >= 0.3 is 12.1 Å². The van der Waals surface area contributed by atoms with E-state index < -0.39 is 18.2 Å². The fourth-order valence-corrected chi connectivity index (χ4v) is 5.63. The maximum Gasteiger partial charge on any atom is 0.514 e. The maximum atomic E-state index is 13.3. The minimum Gasteiger partial charge on any atom is -0.458 e. The van der Waals surface area contributed by atoms with E-state index in [2.05, 4.69) is 6.08 Å². The Hall–Kier alpha value is -3.98. The van der Waals surface area contributed by atoms with Crippen LogP contribution in [0.3, 0.4) is 0 Å².